The van der Waals surface area contributed by atoms with Crippen LogP contribution in [-0.2, 0) is 0 Å². The standard InChI is InChI=1S/C11H9F2N3O/c1-6-10(14)15-5-16-11(6)17-7-2-3-8(12)9(13)4-7/h2-5H,1H3,(H2,14,15,16). The molecule has 88 valence electrons. The average Bonchev–Trinajstić information content (AvgIpc) is 2.30. The third-order valence-corrected chi connectivity index (χ3v) is 2.18. The lowest BCUT2D eigenvalue weighted by molar-refractivity contribution is 0.444. The van der Waals surface area contributed by atoms with Gasteiger partial charge in [0.25, 0.3) is 0 Å². The zero-order chi connectivity index (χ0) is 12.4. The van der Waals surface area contributed by atoms with Crippen molar-refractivity contribution in [2.45, 2.75) is 6.92 Å². The van der Waals surface area contributed by atoms with Crippen molar-refractivity contribution in [1.29, 1.82) is 0 Å². The molecule has 1 aromatic heterocycles. The maximum atomic E-state index is 12.9. The highest BCUT2D eigenvalue weighted by Gasteiger charge is 2.08. The summed E-state index contributed by atoms with van der Waals surface area (Å²) in [7, 11) is 0. The molecule has 0 spiro atoms. The maximum Gasteiger partial charge on any atom is 0.227 e. The summed E-state index contributed by atoms with van der Waals surface area (Å²) in [5, 5.41) is 0. The summed E-state index contributed by atoms with van der Waals surface area (Å²) in [5.74, 6) is -1.29. The van der Waals surface area contributed by atoms with E-state index in [2.05, 4.69) is 9.97 Å². The van der Waals surface area contributed by atoms with E-state index in [0.29, 0.717) is 5.56 Å². The molecule has 0 bridgehead atoms. The first-order valence-electron chi connectivity index (χ1n) is 4.78. The van der Waals surface area contributed by atoms with E-state index in [0.717, 1.165) is 12.1 Å². The SMILES string of the molecule is Cc1c(N)ncnc1Oc1ccc(F)c(F)c1. The van der Waals surface area contributed by atoms with Crippen molar-refractivity contribution in [2.75, 3.05) is 5.73 Å². The minimum atomic E-state index is -0.984. The van der Waals surface area contributed by atoms with Gasteiger partial charge in [-0.15, -0.1) is 0 Å². The van der Waals surface area contributed by atoms with E-state index in [-0.39, 0.29) is 17.4 Å². The Morgan fingerprint density at radius 3 is 2.65 bits per heavy atom. The van der Waals surface area contributed by atoms with Crippen LogP contribution in [0.3, 0.4) is 0 Å². The number of hydrogen-bond acceptors (Lipinski definition) is 4. The highest BCUT2D eigenvalue weighted by Crippen LogP contribution is 2.25. The lowest BCUT2D eigenvalue weighted by Gasteiger charge is -2.08. The minimum Gasteiger partial charge on any atom is -0.438 e. The van der Waals surface area contributed by atoms with Gasteiger partial charge < -0.3 is 10.5 Å². The van der Waals surface area contributed by atoms with Gasteiger partial charge in [-0.2, -0.15) is 0 Å². The van der Waals surface area contributed by atoms with Crippen LogP contribution in [0.2, 0.25) is 0 Å². The number of anilines is 1. The normalized spacial score (nSPS) is 10.3. The van der Waals surface area contributed by atoms with Gasteiger partial charge in [-0.05, 0) is 19.1 Å². The van der Waals surface area contributed by atoms with E-state index >= 15 is 0 Å². The molecule has 0 amide bonds. The van der Waals surface area contributed by atoms with Crippen molar-refractivity contribution >= 4 is 5.82 Å². The topological polar surface area (TPSA) is 61.0 Å². The summed E-state index contributed by atoms with van der Waals surface area (Å²) in [6.45, 7) is 1.67. The van der Waals surface area contributed by atoms with E-state index < -0.39 is 11.6 Å². The predicted octanol–water partition coefficient (Wildman–Crippen LogP) is 2.44. The first kappa shape index (κ1) is 11.3. The molecule has 2 N–H and O–H groups in total. The molecule has 1 heterocycles. The van der Waals surface area contributed by atoms with Crippen molar-refractivity contribution in [2.24, 2.45) is 0 Å². The molecule has 0 fully saturated rings. The van der Waals surface area contributed by atoms with E-state index in [1.165, 1.54) is 12.4 Å². The lowest BCUT2D eigenvalue weighted by Crippen LogP contribution is -1.99. The molecule has 0 saturated carbocycles. The number of benzene rings is 1. The summed E-state index contributed by atoms with van der Waals surface area (Å²) >= 11 is 0. The molecular formula is C11H9F2N3O. The Morgan fingerprint density at radius 1 is 1.18 bits per heavy atom. The van der Waals surface area contributed by atoms with Crippen LogP contribution < -0.4 is 10.5 Å². The maximum absolute atomic E-state index is 12.9. The zero-order valence-corrected chi connectivity index (χ0v) is 8.95. The number of rotatable bonds is 2. The Balaban J connectivity index is 2.31. The van der Waals surface area contributed by atoms with Crippen molar-refractivity contribution in [3.05, 3.63) is 41.7 Å². The number of aromatic nitrogens is 2. The molecule has 0 atom stereocenters. The quantitative estimate of drug-likeness (QED) is 0.871. The van der Waals surface area contributed by atoms with Gasteiger partial charge in [-0.3, -0.25) is 0 Å². The molecule has 6 heteroatoms. The van der Waals surface area contributed by atoms with Gasteiger partial charge in [-0.1, -0.05) is 0 Å². The Bertz CT molecular complexity index is 560. The number of ether oxygens (including phenoxy) is 1. The molecule has 0 aliphatic rings. The van der Waals surface area contributed by atoms with Gasteiger partial charge in [0, 0.05) is 6.07 Å². The fraction of sp³-hybridized carbons (Fsp3) is 0.0909. The largest absolute Gasteiger partial charge is 0.438 e. The molecule has 2 rings (SSSR count). The number of nitrogens with two attached hydrogens (primary N) is 1. The minimum absolute atomic E-state index is 0.144. The molecule has 17 heavy (non-hydrogen) atoms. The van der Waals surface area contributed by atoms with Crippen LogP contribution in [0.15, 0.2) is 24.5 Å². The summed E-state index contributed by atoms with van der Waals surface area (Å²) in [6.07, 6.45) is 1.23. The molecular weight excluding hydrogens is 228 g/mol. The third kappa shape index (κ3) is 2.30. The van der Waals surface area contributed by atoms with E-state index in [1.807, 2.05) is 0 Å². The van der Waals surface area contributed by atoms with Gasteiger partial charge in [0.1, 0.15) is 17.9 Å². The molecule has 1 aromatic carbocycles. The summed E-state index contributed by atoms with van der Waals surface area (Å²) in [6, 6.07) is 3.22. The first-order valence-corrected chi connectivity index (χ1v) is 4.78. The smallest absolute Gasteiger partial charge is 0.227 e. The van der Waals surface area contributed by atoms with Crippen molar-refractivity contribution in [1.82, 2.24) is 9.97 Å². The van der Waals surface area contributed by atoms with Gasteiger partial charge >= 0.3 is 0 Å². The van der Waals surface area contributed by atoms with Crippen LogP contribution in [-0.4, -0.2) is 9.97 Å². The van der Waals surface area contributed by atoms with Crippen LogP contribution >= 0.6 is 0 Å². The van der Waals surface area contributed by atoms with Crippen molar-refractivity contribution in [3.8, 4) is 11.6 Å². The second kappa shape index (κ2) is 4.32. The second-order valence-electron chi connectivity index (χ2n) is 3.37. The Hall–Kier alpha value is -2.24. The van der Waals surface area contributed by atoms with Gasteiger partial charge in [0.05, 0.1) is 5.56 Å². The van der Waals surface area contributed by atoms with E-state index in [4.69, 9.17) is 10.5 Å². The van der Waals surface area contributed by atoms with E-state index in [1.54, 1.807) is 6.92 Å². The van der Waals surface area contributed by atoms with Crippen molar-refractivity contribution < 1.29 is 13.5 Å². The number of hydrogen-bond donors (Lipinski definition) is 1. The van der Waals surface area contributed by atoms with Crippen LogP contribution in [0, 0.1) is 18.6 Å². The van der Waals surface area contributed by atoms with Crippen LogP contribution in [0.1, 0.15) is 5.56 Å². The highest BCUT2D eigenvalue weighted by molar-refractivity contribution is 5.44. The predicted molar refractivity (Wildman–Crippen MR) is 57.6 cm³/mol. The monoisotopic (exact) mass is 237 g/mol. The van der Waals surface area contributed by atoms with Crippen LogP contribution in [0.5, 0.6) is 11.6 Å². The molecule has 0 aliphatic carbocycles. The average molecular weight is 237 g/mol. The molecule has 0 saturated heterocycles. The Morgan fingerprint density at radius 2 is 1.94 bits per heavy atom. The fourth-order valence-corrected chi connectivity index (χ4v) is 1.20. The fourth-order valence-electron chi connectivity index (χ4n) is 1.20. The van der Waals surface area contributed by atoms with Gasteiger partial charge in [-0.25, -0.2) is 18.7 Å². The molecule has 0 unspecified atom stereocenters. The molecule has 0 aliphatic heterocycles. The van der Waals surface area contributed by atoms with Crippen molar-refractivity contribution in [3.63, 3.8) is 0 Å². The molecule has 2 aromatic rings. The van der Waals surface area contributed by atoms with E-state index in [9.17, 15) is 8.78 Å². The lowest BCUT2D eigenvalue weighted by atomic mass is 10.3. The number of nitrogen functional groups attached to an aromatic ring is 1. The number of halogens is 2. The van der Waals surface area contributed by atoms with Gasteiger partial charge in [0.2, 0.25) is 5.88 Å². The summed E-state index contributed by atoms with van der Waals surface area (Å²) in [5.41, 5.74) is 6.10. The Kier molecular flexibility index (Phi) is 2.86. The van der Waals surface area contributed by atoms with Crippen LogP contribution in [0.25, 0.3) is 0 Å². The highest BCUT2D eigenvalue weighted by atomic mass is 19.2. The molecule has 0 radical (unpaired) electrons. The summed E-state index contributed by atoms with van der Waals surface area (Å²) in [4.78, 5) is 7.62. The number of nitrogens with zero attached hydrogens (tertiary/aromatic N) is 2. The van der Waals surface area contributed by atoms with Gasteiger partial charge in [0.15, 0.2) is 11.6 Å². The summed E-state index contributed by atoms with van der Waals surface area (Å²) < 4.78 is 30.9. The Labute approximate surface area is 96.1 Å². The van der Waals surface area contributed by atoms with Crippen LogP contribution in [0.4, 0.5) is 14.6 Å². The second-order valence-corrected chi connectivity index (χ2v) is 3.37. The zero-order valence-electron chi connectivity index (χ0n) is 8.95. The third-order valence-electron chi connectivity index (χ3n) is 2.18. The molecule has 4 nitrogen and oxygen atoms in total. The first-order chi connectivity index (χ1) is 8.08.